The second kappa shape index (κ2) is 6.95. The Hall–Kier alpha value is -2.49. The van der Waals surface area contributed by atoms with Crippen LogP contribution in [-0.4, -0.2) is 42.6 Å². The summed E-state index contributed by atoms with van der Waals surface area (Å²) in [7, 11) is -3.68. The number of nitrogens with one attached hydrogen (secondary N) is 2. The third kappa shape index (κ3) is 6.32. The van der Waals surface area contributed by atoms with Gasteiger partial charge >= 0.3 is 12.1 Å². The van der Waals surface area contributed by atoms with Gasteiger partial charge in [0.25, 0.3) is 0 Å². The van der Waals surface area contributed by atoms with Gasteiger partial charge in [0.15, 0.2) is 6.04 Å². The fourth-order valence-corrected chi connectivity index (χ4v) is 2.29. The second-order valence-corrected chi connectivity index (χ2v) is 7.82. The number of aliphatic carboxylic acids is 1. The van der Waals surface area contributed by atoms with Crippen molar-refractivity contribution in [3.63, 3.8) is 0 Å². The third-order valence-electron chi connectivity index (χ3n) is 2.56. The Morgan fingerprint density at radius 3 is 2.29 bits per heavy atom. The Balaban J connectivity index is 3.11. The maximum atomic E-state index is 11.8. The summed E-state index contributed by atoms with van der Waals surface area (Å²) in [6, 6.07) is 2.00. The van der Waals surface area contributed by atoms with E-state index in [0.717, 1.165) is 18.4 Å². The number of carbonyl (C=O) groups is 2. The molecule has 9 nitrogen and oxygen atoms in total. The molecule has 0 radical (unpaired) electrons. The molecule has 0 bridgehead atoms. The molecule has 0 aliphatic carbocycles. The molecule has 4 N–H and O–H groups in total. The molecule has 0 saturated carbocycles. The monoisotopic (exact) mass is 360 g/mol. The van der Waals surface area contributed by atoms with Gasteiger partial charge in [0.2, 0.25) is 10.0 Å². The Morgan fingerprint density at radius 2 is 1.83 bits per heavy atom. The number of phenolic OH excluding ortho intramolecular Hbond substituents is 1. The van der Waals surface area contributed by atoms with Crippen LogP contribution < -0.4 is 10.0 Å². The molecule has 24 heavy (non-hydrogen) atoms. The number of anilines is 1. The van der Waals surface area contributed by atoms with Crippen LogP contribution in [0.3, 0.4) is 0 Å². The summed E-state index contributed by atoms with van der Waals surface area (Å²) in [5, 5.41) is 21.1. The molecule has 0 saturated heterocycles. The number of hydrogen-bond donors (Lipinski definition) is 4. The first-order chi connectivity index (χ1) is 10.8. The number of hydrogen-bond acceptors (Lipinski definition) is 6. The fraction of sp³-hybridized carbons (Fsp3) is 0.429. The zero-order chi connectivity index (χ0) is 18.7. The SMILES string of the molecule is CC(C)(C)OC(=O)NC(C(=O)O)c1ccc(O)c(NS(C)(=O)=O)c1. The number of carboxylic acids is 1. The van der Waals surface area contributed by atoms with Crippen molar-refractivity contribution in [1.29, 1.82) is 0 Å². The van der Waals surface area contributed by atoms with Crippen molar-refractivity contribution in [3.8, 4) is 5.75 Å². The van der Waals surface area contributed by atoms with E-state index in [2.05, 4.69) is 10.0 Å². The molecule has 0 heterocycles. The standard InChI is InChI=1S/C14H20N2O7S/c1-14(2,3)23-13(20)15-11(12(18)19)8-5-6-10(17)9(7-8)16-24(4,21)22/h5-7,11,16-17H,1-4H3,(H,15,20)(H,18,19). The summed E-state index contributed by atoms with van der Waals surface area (Å²) in [5.41, 5.74) is -0.963. The first-order valence-electron chi connectivity index (χ1n) is 6.81. The number of amides is 1. The summed E-state index contributed by atoms with van der Waals surface area (Å²) in [4.78, 5) is 23.2. The number of alkyl carbamates (subject to hydrolysis) is 1. The van der Waals surface area contributed by atoms with Crippen LogP contribution in [0.5, 0.6) is 5.75 Å². The van der Waals surface area contributed by atoms with Crippen LogP contribution in [0.4, 0.5) is 10.5 Å². The molecular formula is C14H20N2O7S. The maximum absolute atomic E-state index is 11.8. The molecule has 1 aromatic rings. The van der Waals surface area contributed by atoms with Gasteiger partial charge in [-0.15, -0.1) is 0 Å². The summed E-state index contributed by atoms with van der Waals surface area (Å²) < 4.78 is 29.6. The van der Waals surface area contributed by atoms with Crippen molar-refractivity contribution in [3.05, 3.63) is 23.8 Å². The fourth-order valence-electron chi connectivity index (χ4n) is 1.73. The van der Waals surface area contributed by atoms with Gasteiger partial charge in [-0.3, -0.25) is 4.72 Å². The number of aromatic hydroxyl groups is 1. The highest BCUT2D eigenvalue weighted by molar-refractivity contribution is 7.92. The molecule has 0 aliphatic rings. The van der Waals surface area contributed by atoms with E-state index in [9.17, 15) is 28.2 Å². The van der Waals surface area contributed by atoms with Gasteiger partial charge in [0, 0.05) is 0 Å². The average molecular weight is 360 g/mol. The molecule has 10 heteroatoms. The summed E-state index contributed by atoms with van der Waals surface area (Å²) in [6.45, 7) is 4.87. The lowest BCUT2D eigenvalue weighted by molar-refractivity contribution is -0.139. The number of carboxylic acid groups (broad SMARTS) is 1. The average Bonchev–Trinajstić information content (AvgIpc) is 2.35. The lowest BCUT2D eigenvalue weighted by Crippen LogP contribution is -2.38. The van der Waals surface area contributed by atoms with Gasteiger partial charge in [-0.05, 0) is 38.5 Å². The van der Waals surface area contributed by atoms with Crippen LogP contribution in [0.25, 0.3) is 0 Å². The minimum atomic E-state index is -3.68. The topological polar surface area (TPSA) is 142 Å². The van der Waals surface area contributed by atoms with E-state index >= 15 is 0 Å². The lowest BCUT2D eigenvalue weighted by Gasteiger charge is -2.22. The zero-order valence-electron chi connectivity index (χ0n) is 13.7. The number of phenols is 1. The molecule has 0 aromatic heterocycles. The summed E-state index contributed by atoms with van der Waals surface area (Å²) in [5.74, 6) is -1.76. The minimum Gasteiger partial charge on any atom is -0.506 e. The smallest absolute Gasteiger partial charge is 0.408 e. The van der Waals surface area contributed by atoms with Gasteiger partial charge in [0.05, 0.1) is 11.9 Å². The summed E-state index contributed by atoms with van der Waals surface area (Å²) >= 11 is 0. The highest BCUT2D eigenvalue weighted by atomic mass is 32.2. The van der Waals surface area contributed by atoms with Gasteiger partial charge in [-0.25, -0.2) is 18.0 Å². The molecule has 1 aromatic carbocycles. The molecule has 0 spiro atoms. The quantitative estimate of drug-likeness (QED) is 0.582. The van der Waals surface area contributed by atoms with Crippen LogP contribution >= 0.6 is 0 Å². The molecule has 0 fully saturated rings. The van der Waals surface area contributed by atoms with Crippen LogP contribution in [0, 0.1) is 0 Å². The molecular weight excluding hydrogens is 340 g/mol. The van der Waals surface area contributed by atoms with Crippen LogP contribution in [0.15, 0.2) is 18.2 Å². The predicted octanol–water partition coefficient (Wildman–Crippen LogP) is 1.41. The Kier molecular flexibility index (Phi) is 5.67. The van der Waals surface area contributed by atoms with E-state index in [1.165, 1.54) is 6.07 Å². The normalized spacial score (nSPS) is 13.0. The number of sulfonamides is 1. The molecule has 1 rings (SSSR count). The zero-order valence-corrected chi connectivity index (χ0v) is 14.5. The molecule has 1 atom stereocenters. The van der Waals surface area contributed by atoms with Crippen molar-refractivity contribution < 1.29 is 33.0 Å². The molecule has 1 amide bonds. The van der Waals surface area contributed by atoms with Gasteiger partial charge in [-0.2, -0.15) is 0 Å². The van der Waals surface area contributed by atoms with E-state index in [0.29, 0.717) is 0 Å². The highest BCUT2D eigenvalue weighted by Crippen LogP contribution is 2.28. The van der Waals surface area contributed by atoms with Crippen molar-refractivity contribution in [2.75, 3.05) is 11.0 Å². The van der Waals surface area contributed by atoms with E-state index < -0.39 is 33.7 Å². The lowest BCUT2D eigenvalue weighted by atomic mass is 10.1. The second-order valence-electron chi connectivity index (χ2n) is 6.07. The van der Waals surface area contributed by atoms with Gasteiger partial charge in [0.1, 0.15) is 11.4 Å². The van der Waals surface area contributed by atoms with E-state index in [1.54, 1.807) is 20.8 Å². The Labute approximate surface area is 139 Å². The van der Waals surface area contributed by atoms with Gasteiger partial charge < -0.3 is 20.3 Å². The Bertz CT molecular complexity index is 738. The van der Waals surface area contributed by atoms with Crippen LogP contribution in [0.2, 0.25) is 0 Å². The van der Waals surface area contributed by atoms with Crippen LogP contribution in [0.1, 0.15) is 32.4 Å². The van der Waals surface area contributed by atoms with Crippen molar-refractivity contribution >= 4 is 27.8 Å². The number of rotatable bonds is 5. The number of carbonyl (C=O) groups excluding carboxylic acids is 1. The van der Waals surface area contributed by atoms with Crippen molar-refractivity contribution in [2.24, 2.45) is 0 Å². The molecule has 0 aliphatic heterocycles. The molecule has 1 unspecified atom stereocenters. The minimum absolute atomic E-state index is 0.0531. The predicted molar refractivity (Wildman–Crippen MR) is 86.3 cm³/mol. The van der Waals surface area contributed by atoms with E-state index in [-0.39, 0.29) is 17.0 Å². The maximum Gasteiger partial charge on any atom is 0.408 e. The highest BCUT2D eigenvalue weighted by Gasteiger charge is 2.26. The van der Waals surface area contributed by atoms with E-state index in [4.69, 9.17) is 4.74 Å². The third-order valence-corrected chi connectivity index (χ3v) is 3.15. The largest absolute Gasteiger partial charge is 0.506 e. The van der Waals surface area contributed by atoms with Crippen molar-refractivity contribution in [1.82, 2.24) is 5.32 Å². The van der Waals surface area contributed by atoms with Gasteiger partial charge in [-0.1, -0.05) is 6.07 Å². The Morgan fingerprint density at radius 1 is 1.25 bits per heavy atom. The molecule has 134 valence electrons. The number of benzene rings is 1. The van der Waals surface area contributed by atoms with E-state index in [1.807, 2.05) is 0 Å². The summed E-state index contributed by atoms with van der Waals surface area (Å²) in [6.07, 6.45) is -0.0622. The van der Waals surface area contributed by atoms with Crippen LogP contribution in [-0.2, 0) is 19.6 Å². The number of ether oxygens (including phenoxy) is 1. The first-order valence-corrected chi connectivity index (χ1v) is 8.70. The first kappa shape index (κ1) is 19.6. The van der Waals surface area contributed by atoms with Crippen molar-refractivity contribution in [2.45, 2.75) is 32.4 Å².